The summed E-state index contributed by atoms with van der Waals surface area (Å²) in [4.78, 5) is 40.6. The largest absolute Gasteiger partial charge is 0.338 e. The zero-order valence-electron chi connectivity index (χ0n) is 16.7. The number of thiazole rings is 1. The minimum atomic E-state index is -0.906. The second kappa shape index (κ2) is 9.36. The quantitative estimate of drug-likeness (QED) is 0.326. The maximum atomic E-state index is 13.0. The standard InChI is InChI=1S/C23H18N4O4S/c28-21(24-16-6-2-1-3-7-16)19(14-15-10-12-17(13-11-15)27(30)31)25-22(29)23-26-18-8-4-5-9-20(18)32-23/h1-13,19H,14H2,(H,24,28)(H,25,29). The summed E-state index contributed by atoms with van der Waals surface area (Å²) < 4.78 is 0.873. The number of non-ortho nitro benzene ring substituents is 1. The van der Waals surface area contributed by atoms with Crippen LogP contribution in [0.1, 0.15) is 15.4 Å². The summed E-state index contributed by atoms with van der Waals surface area (Å²) in [5.41, 5.74) is 1.94. The number of rotatable bonds is 7. The highest BCUT2D eigenvalue weighted by molar-refractivity contribution is 7.20. The molecule has 9 heteroatoms. The third kappa shape index (κ3) is 4.96. The fraction of sp³-hybridized carbons (Fsp3) is 0.0870. The van der Waals surface area contributed by atoms with Crippen molar-refractivity contribution in [2.45, 2.75) is 12.5 Å². The van der Waals surface area contributed by atoms with Crippen LogP contribution in [-0.4, -0.2) is 27.8 Å². The lowest BCUT2D eigenvalue weighted by Gasteiger charge is -2.18. The lowest BCUT2D eigenvalue weighted by Crippen LogP contribution is -2.45. The molecule has 160 valence electrons. The molecular formula is C23H18N4O4S. The SMILES string of the molecule is O=C(NC(Cc1ccc([N+](=O)[O-])cc1)C(=O)Nc1ccccc1)c1nc2ccccc2s1. The predicted octanol–water partition coefficient (Wildman–Crippen LogP) is 4.18. The topological polar surface area (TPSA) is 114 Å². The first-order valence-electron chi connectivity index (χ1n) is 9.75. The van der Waals surface area contributed by atoms with Crippen molar-refractivity contribution in [3.8, 4) is 0 Å². The molecule has 8 nitrogen and oxygen atoms in total. The fourth-order valence-corrected chi connectivity index (χ4v) is 4.01. The first-order valence-corrected chi connectivity index (χ1v) is 10.6. The molecule has 2 N–H and O–H groups in total. The Morgan fingerprint density at radius 1 is 0.969 bits per heavy atom. The normalized spacial score (nSPS) is 11.6. The van der Waals surface area contributed by atoms with E-state index in [0.717, 1.165) is 4.70 Å². The number of anilines is 1. The zero-order valence-corrected chi connectivity index (χ0v) is 17.5. The minimum absolute atomic E-state index is 0.0439. The van der Waals surface area contributed by atoms with E-state index in [1.54, 1.807) is 36.4 Å². The number of para-hydroxylation sites is 2. The van der Waals surface area contributed by atoms with Crippen LogP contribution in [0.2, 0.25) is 0 Å². The summed E-state index contributed by atoms with van der Waals surface area (Å²) in [6.45, 7) is 0. The molecule has 0 aliphatic heterocycles. The molecule has 0 aliphatic rings. The van der Waals surface area contributed by atoms with E-state index < -0.39 is 22.8 Å². The van der Waals surface area contributed by atoms with Gasteiger partial charge in [0.2, 0.25) is 5.91 Å². The van der Waals surface area contributed by atoms with Crippen LogP contribution in [0.15, 0.2) is 78.9 Å². The molecule has 0 radical (unpaired) electrons. The van der Waals surface area contributed by atoms with E-state index in [9.17, 15) is 19.7 Å². The van der Waals surface area contributed by atoms with Gasteiger partial charge < -0.3 is 10.6 Å². The van der Waals surface area contributed by atoms with Crippen LogP contribution >= 0.6 is 11.3 Å². The van der Waals surface area contributed by atoms with Crippen molar-refractivity contribution in [2.24, 2.45) is 0 Å². The Balaban J connectivity index is 1.56. The zero-order chi connectivity index (χ0) is 22.5. The number of aromatic nitrogens is 1. The van der Waals surface area contributed by atoms with Gasteiger partial charge in [0.05, 0.1) is 15.1 Å². The van der Waals surface area contributed by atoms with E-state index in [0.29, 0.717) is 16.8 Å². The summed E-state index contributed by atoms with van der Waals surface area (Å²) >= 11 is 1.24. The number of hydrogen-bond donors (Lipinski definition) is 2. The van der Waals surface area contributed by atoms with Gasteiger partial charge in [-0.1, -0.05) is 42.5 Å². The van der Waals surface area contributed by atoms with E-state index >= 15 is 0 Å². The number of nitro groups is 1. The van der Waals surface area contributed by atoms with Crippen molar-refractivity contribution < 1.29 is 14.5 Å². The molecular weight excluding hydrogens is 428 g/mol. The maximum Gasteiger partial charge on any atom is 0.280 e. The van der Waals surface area contributed by atoms with Gasteiger partial charge in [0, 0.05) is 24.2 Å². The number of nitrogens with one attached hydrogen (secondary N) is 2. The first-order chi connectivity index (χ1) is 15.5. The highest BCUT2D eigenvalue weighted by Crippen LogP contribution is 2.22. The van der Waals surface area contributed by atoms with Crippen LogP contribution < -0.4 is 10.6 Å². The second-order valence-electron chi connectivity index (χ2n) is 7.00. The number of amides is 2. The molecule has 0 aliphatic carbocycles. The third-order valence-corrected chi connectivity index (χ3v) is 5.77. The van der Waals surface area contributed by atoms with E-state index in [1.807, 2.05) is 30.3 Å². The van der Waals surface area contributed by atoms with Crippen molar-refractivity contribution in [1.82, 2.24) is 10.3 Å². The van der Waals surface area contributed by atoms with E-state index in [1.165, 1.54) is 23.5 Å². The van der Waals surface area contributed by atoms with Crippen LogP contribution in [0.5, 0.6) is 0 Å². The summed E-state index contributed by atoms with van der Waals surface area (Å²) in [6, 6.07) is 21.3. The smallest absolute Gasteiger partial charge is 0.280 e. The average Bonchev–Trinajstić information content (AvgIpc) is 3.24. The van der Waals surface area contributed by atoms with Crippen molar-refractivity contribution in [2.75, 3.05) is 5.32 Å². The molecule has 4 aromatic rings. The van der Waals surface area contributed by atoms with Gasteiger partial charge >= 0.3 is 0 Å². The lowest BCUT2D eigenvalue weighted by molar-refractivity contribution is -0.384. The molecule has 32 heavy (non-hydrogen) atoms. The lowest BCUT2D eigenvalue weighted by atomic mass is 10.0. The summed E-state index contributed by atoms with van der Waals surface area (Å²) in [5, 5.41) is 16.7. The molecule has 1 atom stereocenters. The number of carbonyl (C=O) groups is 2. The molecule has 0 saturated carbocycles. The Hall–Kier alpha value is -4.11. The Bertz CT molecular complexity index is 1240. The fourth-order valence-electron chi connectivity index (χ4n) is 3.14. The number of carbonyl (C=O) groups excluding carboxylic acids is 2. The highest BCUT2D eigenvalue weighted by atomic mass is 32.1. The van der Waals surface area contributed by atoms with Gasteiger partial charge in [-0.15, -0.1) is 11.3 Å². The Kier molecular flexibility index (Phi) is 6.18. The van der Waals surface area contributed by atoms with E-state index in [2.05, 4.69) is 15.6 Å². The molecule has 0 saturated heterocycles. The van der Waals surface area contributed by atoms with Crippen molar-refractivity contribution in [1.29, 1.82) is 0 Å². The molecule has 1 heterocycles. The number of benzene rings is 3. The summed E-state index contributed by atoms with van der Waals surface area (Å²) in [5.74, 6) is -0.856. The molecule has 4 rings (SSSR count). The molecule has 1 unspecified atom stereocenters. The van der Waals surface area contributed by atoms with Crippen molar-refractivity contribution >= 4 is 44.7 Å². The van der Waals surface area contributed by atoms with Gasteiger partial charge in [0.15, 0.2) is 5.01 Å². The molecule has 3 aromatic carbocycles. The monoisotopic (exact) mass is 446 g/mol. The molecule has 0 fully saturated rings. The van der Waals surface area contributed by atoms with Crippen LogP contribution in [0.3, 0.4) is 0 Å². The van der Waals surface area contributed by atoms with Gasteiger partial charge in [0.25, 0.3) is 11.6 Å². The van der Waals surface area contributed by atoms with Gasteiger partial charge in [-0.25, -0.2) is 4.98 Å². The average molecular weight is 446 g/mol. The van der Waals surface area contributed by atoms with E-state index in [-0.39, 0.29) is 17.1 Å². The van der Waals surface area contributed by atoms with Crippen molar-refractivity contribution in [3.63, 3.8) is 0 Å². The number of nitrogens with zero attached hydrogens (tertiary/aromatic N) is 2. The number of hydrogen-bond acceptors (Lipinski definition) is 6. The first kappa shape index (κ1) is 21.1. The number of nitro benzene ring substituents is 1. The number of fused-ring (bicyclic) bond motifs is 1. The van der Waals surface area contributed by atoms with E-state index in [4.69, 9.17) is 0 Å². The highest BCUT2D eigenvalue weighted by Gasteiger charge is 2.24. The van der Waals surface area contributed by atoms with Gasteiger partial charge in [0.1, 0.15) is 6.04 Å². The third-order valence-electron chi connectivity index (χ3n) is 4.74. The molecule has 0 spiro atoms. The molecule has 1 aromatic heterocycles. The van der Waals surface area contributed by atoms with Crippen LogP contribution in [0.4, 0.5) is 11.4 Å². The van der Waals surface area contributed by atoms with Gasteiger partial charge in [-0.3, -0.25) is 19.7 Å². The molecule has 2 amide bonds. The summed E-state index contributed by atoms with van der Waals surface area (Å²) in [6.07, 6.45) is 0.160. The Morgan fingerprint density at radius 2 is 1.66 bits per heavy atom. The van der Waals surface area contributed by atoms with Crippen LogP contribution in [-0.2, 0) is 11.2 Å². The van der Waals surface area contributed by atoms with Gasteiger partial charge in [-0.05, 0) is 29.8 Å². The Labute approximate surface area is 187 Å². The van der Waals surface area contributed by atoms with Crippen molar-refractivity contribution in [3.05, 3.63) is 99.5 Å². The predicted molar refractivity (Wildman–Crippen MR) is 123 cm³/mol. The molecule has 0 bridgehead atoms. The van der Waals surface area contributed by atoms with Gasteiger partial charge in [-0.2, -0.15) is 0 Å². The summed E-state index contributed by atoms with van der Waals surface area (Å²) in [7, 11) is 0. The van der Waals surface area contributed by atoms with Crippen LogP contribution in [0, 0.1) is 10.1 Å². The maximum absolute atomic E-state index is 13.0. The minimum Gasteiger partial charge on any atom is -0.338 e. The van der Waals surface area contributed by atoms with Crippen LogP contribution in [0.25, 0.3) is 10.2 Å². The Morgan fingerprint density at radius 3 is 2.34 bits per heavy atom. The second-order valence-corrected chi connectivity index (χ2v) is 8.03.